The fourth-order valence-corrected chi connectivity index (χ4v) is 4.41. The molecule has 2 aromatic carbocycles. The van der Waals surface area contributed by atoms with E-state index >= 15 is 0 Å². The maximum absolute atomic E-state index is 12.6. The lowest BCUT2D eigenvalue weighted by atomic mass is 10.1. The quantitative estimate of drug-likeness (QED) is 0.311. The molecule has 0 aliphatic rings. The van der Waals surface area contributed by atoms with Gasteiger partial charge in [-0.25, -0.2) is 28.1 Å². The smallest absolute Gasteiger partial charge is 0.240 e. The Hall–Kier alpha value is -3.82. The molecule has 2 aromatic heterocycles. The van der Waals surface area contributed by atoms with Gasteiger partial charge in [-0.3, -0.25) is 0 Å². The molecule has 3 N–H and O–H groups in total. The van der Waals surface area contributed by atoms with Gasteiger partial charge in [0.05, 0.1) is 4.90 Å². The number of hydrogen-bond donors (Lipinski definition) is 3. The van der Waals surface area contributed by atoms with Gasteiger partial charge in [0.2, 0.25) is 10.0 Å². The average Bonchev–Trinajstić information content (AvgIpc) is 2.82. The molecule has 174 valence electrons. The first-order valence-corrected chi connectivity index (χ1v) is 12.3. The molecule has 0 unspecified atom stereocenters. The van der Waals surface area contributed by atoms with Crippen LogP contribution in [-0.4, -0.2) is 36.5 Å². The van der Waals surface area contributed by atoms with E-state index in [1.807, 2.05) is 61.5 Å². The highest BCUT2D eigenvalue weighted by Crippen LogP contribution is 2.21. The van der Waals surface area contributed by atoms with E-state index in [0.29, 0.717) is 29.8 Å². The predicted octanol–water partition coefficient (Wildman–Crippen LogP) is 4.29. The van der Waals surface area contributed by atoms with Crippen molar-refractivity contribution >= 4 is 27.5 Å². The van der Waals surface area contributed by atoms with Gasteiger partial charge in [-0.15, -0.1) is 0 Å². The lowest BCUT2D eigenvalue weighted by Gasteiger charge is -2.11. The number of nitrogens with zero attached hydrogens (tertiary/aromatic N) is 3. The van der Waals surface area contributed by atoms with Crippen LogP contribution in [0.5, 0.6) is 0 Å². The third-order valence-electron chi connectivity index (χ3n) is 5.00. The summed E-state index contributed by atoms with van der Waals surface area (Å²) in [6.45, 7) is 4.35. The molecule has 4 aromatic rings. The van der Waals surface area contributed by atoms with Gasteiger partial charge in [-0.1, -0.05) is 42.5 Å². The molecule has 0 amide bonds. The van der Waals surface area contributed by atoms with Crippen LogP contribution in [0.1, 0.15) is 11.4 Å². The lowest BCUT2D eigenvalue weighted by molar-refractivity contribution is 0.583. The number of aromatic nitrogens is 3. The Bertz CT molecular complexity index is 1360. The first kappa shape index (κ1) is 23.3. The zero-order chi connectivity index (χ0) is 24.0. The summed E-state index contributed by atoms with van der Waals surface area (Å²) in [5.74, 6) is 2.47. The summed E-state index contributed by atoms with van der Waals surface area (Å²) >= 11 is 0. The molecule has 0 aliphatic heterocycles. The number of anilines is 3. The Morgan fingerprint density at radius 1 is 0.765 bits per heavy atom. The SMILES string of the molecule is Cc1ccnc(Nc2cc(NCCNS(=O)(=O)c3ccc(-c4ccccc4)cc3)nc(C)n2)c1. The van der Waals surface area contributed by atoms with E-state index in [2.05, 4.69) is 30.3 Å². The van der Waals surface area contributed by atoms with Gasteiger partial charge in [0, 0.05) is 25.4 Å². The molecule has 34 heavy (non-hydrogen) atoms. The van der Waals surface area contributed by atoms with Crippen molar-refractivity contribution in [3.63, 3.8) is 0 Å². The second-order valence-electron chi connectivity index (χ2n) is 7.74. The highest BCUT2D eigenvalue weighted by atomic mass is 32.2. The number of hydrogen-bond acceptors (Lipinski definition) is 7. The van der Waals surface area contributed by atoms with Gasteiger partial charge in [0.25, 0.3) is 0 Å². The Balaban J connectivity index is 1.33. The van der Waals surface area contributed by atoms with Crippen LogP contribution in [0, 0.1) is 13.8 Å². The van der Waals surface area contributed by atoms with Crippen LogP contribution in [-0.2, 0) is 10.0 Å². The molecule has 9 heteroatoms. The zero-order valence-electron chi connectivity index (χ0n) is 19.0. The lowest BCUT2D eigenvalue weighted by Crippen LogP contribution is -2.29. The van der Waals surface area contributed by atoms with Gasteiger partial charge >= 0.3 is 0 Å². The fourth-order valence-electron chi connectivity index (χ4n) is 3.37. The molecule has 0 atom stereocenters. The number of sulfonamides is 1. The fraction of sp³-hybridized carbons (Fsp3) is 0.160. The number of pyridine rings is 1. The minimum Gasteiger partial charge on any atom is -0.369 e. The molecule has 0 saturated heterocycles. The summed E-state index contributed by atoms with van der Waals surface area (Å²) < 4.78 is 27.9. The summed E-state index contributed by atoms with van der Waals surface area (Å²) in [6.07, 6.45) is 1.73. The van der Waals surface area contributed by atoms with Gasteiger partial charge in [0.15, 0.2) is 0 Å². The molecule has 0 aliphatic carbocycles. The first-order chi connectivity index (χ1) is 16.4. The van der Waals surface area contributed by atoms with E-state index in [1.54, 1.807) is 31.3 Å². The van der Waals surface area contributed by atoms with Gasteiger partial charge in [-0.05, 0) is 54.8 Å². The second kappa shape index (κ2) is 10.4. The molecule has 2 heterocycles. The number of aryl methyl sites for hydroxylation is 2. The summed E-state index contributed by atoms with van der Waals surface area (Å²) in [4.78, 5) is 13.2. The first-order valence-electron chi connectivity index (χ1n) is 10.8. The van der Waals surface area contributed by atoms with E-state index in [0.717, 1.165) is 16.7 Å². The van der Waals surface area contributed by atoms with Crippen LogP contribution in [0.2, 0.25) is 0 Å². The number of nitrogens with one attached hydrogen (secondary N) is 3. The highest BCUT2D eigenvalue weighted by Gasteiger charge is 2.13. The maximum atomic E-state index is 12.6. The molecule has 0 fully saturated rings. The van der Waals surface area contributed by atoms with E-state index < -0.39 is 10.0 Å². The Morgan fingerprint density at radius 3 is 2.21 bits per heavy atom. The average molecular weight is 475 g/mol. The van der Waals surface area contributed by atoms with E-state index in [9.17, 15) is 8.42 Å². The molecular formula is C25H26N6O2S. The second-order valence-corrected chi connectivity index (χ2v) is 9.51. The van der Waals surface area contributed by atoms with Crippen molar-refractivity contribution in [2.75, 3.05) is 23.7 Å². The summed E-state index contributed by atoms with van der Waals surface area (Å²) in [7, 11) is -3.62. The summed E-state index contributed by atoms with van der Waals surface area (Å²) in [5.41, 5.74) is 3.09. The Labute approximate surface area is 199 Å². The van der Waals surface area contributed by atoms with Crippen LogP contribution in [0.15, 0.2) is 83.9 Å². The van der Waals surface area contributed by atoms with Crippen molar-refractivity contribution in [2.45, 2.75) is 18.7 Å². The summed E-state index contributed by atoms with van der Waals surface area (Å²) in [6, 6.07) is 22.3. The van der Waals surface area contributed by atoms with Gasteiger partial charge < -0.3 is 10.6 Å². The molecule has 0 bridgehead atoms. The third kappa shape index (κ3) is 6.15. The van der Waals surface area contributed by atoms with Crippen LogP contribution in [0.3, 0.4) is 0 Å². The largest absolute Gasteiger partial charge is 0.369 e. The van der Waals surface area contributed by atoms with Crippen molar-refractivity contribution in [3.05, 3.63) is 90.4 Å². The van der Waals surface area contributed by atoms with Crippen molar-refractivity contribution in [3.8, 4) is 11.1 Å². The van der Waals surface area contributed by atoms with Crippen molar-refractivity contribution in [2.24, 2.45) is 0 Å². The Kier molecular flexibility index (Phi) is 7.15. The van der Waals surface area contributed by atoms with Crippen molar-refractivity contribution in [1.29, 1.82) is 0 Å². The molecule has 8 nitrogen and oxygen atoms in total. The van der Waals surface area contributed by atoms with Crippen LogP contribution < -0.4 is 15.4 Å². The number of benzene rings is 2. The molecular weight excluding hydrogens is 448 g/mol. The molecule has 4 rings (SSSR count). The minimum atomic E-state index is -3.62. The molecule has 0 radical (unpaired) electrons. The van der Waals surface area contributed by atoms with Gasteiger partial charge in [-0.2, -0.15) is 0 Å². The predicted molar refractivity (Wildman–Crippen MR) is 135 cm³/mol. The van der Waals surface area contributed by atoms with Crippen LogP contribution >= 0.6 is 0 Å². The normalized spacial score (nSPS) is 11.2. The monoisotopic (exact) mass is 474 g/mol. The maximum Gasteiger partial charge on any atom is 0.240 e. The van der Waals surface area contributed by atoms with E-state index in [4.69, 9.17) is 0 Å². The van der Waals surface area contributed by atoms with Crippen molar-refractivity contribution in [1.82, 2.24) is 19.7 Å². The Morgan fingerprint density at radius 2 is 1.47 bits per heavy atom. The summed E-state index contributed by atoms with van der Waals surface area (Å²) in [5, 5.41) is 6.30. The standard InChI is InChI=1S/C25H26N6O2S/c1-18-12-13-26-23(16-18)31-25-17-24(29-19(2)30-25)27-14-15-28-34(32,33)22-10-8-21(9-11-22)20-6-4-3-5-7-20/h3-13,16-17,28H,14-15H2,1-2H3,(H2,26,27,29,30,31). The zero-order valence-corrected chi connectivity index (χ0v) is 19.8. The van der Waals surface area contributed by atoms with Crippen LogP contribution in [0.25, 0.3) is 11.1 Å². The minimum absolute atomic E-state index is 0.202. The molecule has 0 spiro atoms. The van der Waals surface area contributed by atoms with E-state index in [-0.39, 0.29) is 11.4 Å². The van der Waals surface area contributed by atoms with Gasteiger partial charge in [0.1, 0.15) is 23.3 Å². The topological polar surface area (TPSA) is 109 Å². The molecule has 0 saturated carbocycles. The van der Waals surface area contributed by atoms with Crippen LogP contribution in [0.4, 0.5) is 17.5 Å². The van der Waals surface area contributed by atoms with E-state index in [1.165, 1.54) is 0 Å². The third-order valence-corrected chi connectivity index (χ3v) is 6.48. The number of rotatable bonds is 9. The van der Waals surface area contributed by atoms with Crippen molar-refractivity contribution < 1.29 is 8.42 Å². The highest BCUT2D eigenvalue weighted by molar-refractivity contribution is 7.89.